The Morgan fingerprint density at radius 1 is 1.33 bits per heavy atom. The van der Waals surface area contributed by atoms with E-state index in [0.717, 1.165) is 16.8 Å². The molecular weight excluding hydrogens is 331 g/mol. The van der Waals surface area contributed by atoms with E-state index < -0.39 is 36.1 Å². The largest absolute Gasteiger partial charge is 0.477 e. The number of hydrogen-bond donors (Lipinski definition) is 2. The van der Waals surface area contributed by atoms with Gasteiger partial charge >= 0.3 is 12.6 Å². The summed E-state index contributed by atoms with van der Waals surface area (Å²) in [6.45, 7) is -1.84. The fourth-order valence-electron chi connectivity index (χ4n) is 1.93. The number of amides is 1. The van der Waals surface area contributed by atoms with Crippen molar-refractivity contribution in [3.8, 4) is 5.75 Å². The number of carboxylic acids is 1. The van der Waals surface area contributed by atoms with Gasteiger partial charge in [0.05, 0.1) is 5.69 Å². The number of rotatable bonds is 6. The molecule has 1 unspecified atom stereocenters. The maximum Gasteiger partial charge on any atom is 0.387 e. The van der Waals surface area contributed by atoms with E-state index in [-0.39, 0.29) is 11.4 Å². The van der Waals surface area contributed by atoms with Crippen molar-refractivity contribution < 1.29 is 32.6 Å². The van der Waals surface area contributed by atoms with Crippen molar-refractivity contribution in [2.75, 3.05) is 5.32 Å². The van der Waals surface area contributed by atoms with Gasteiger partial charge in [-0.15, -0.1) is 0 Å². The van der Waals surface area contributed by atoms with Crippen LogP contribution in [0, 0.1) is 5.82 Å². The second kappa shape index (κ2) is 7.02. The predicted molar refractivity (Wildman–Crippen MR) is 75.6 cm³/mol. The van der Waals surface area contributed by atoms with Gasteiger partial charge < -0.3 is 15.2 Å². The summed E-state index contributed by atoms with van der Waals surface area (Å²) in [6, 6.07) is 2.85. The Morgan fingerprint density at radius 2 is 2.04 bits per heavy atom. The summed E-state index contributed by atoms with van der Waals surface area (Å²) in [7, 11) is 0. The van der Waals surface area contributed by atoms with Crippen molar-refractivity contribution in [3.05, 3.63) is 42.0 Å². The van der Waals surface area contributed by atoms with Gasteiger partial charge in [-0.3, -0.25) is 4.79 Å². The molecule has 0 aliphatic heterocycles. The molecule has 1 amide bonds. The van der Waals surface area contributed by atoms with E-state index >= 15 is 0 Å². The van der Waals surface area contributed by atoms with Crippen molar-refractivity contribution in [1.29, 1.82) is 0 Å². The van der Waals surface area contributed by atoms with Gasteiger partial charge in [0.15, 0.2) is 5.75 Å². The fraction of sp³-hybridized carbons (Fsp3) is 0.214. The summed E-state index contributed by atoms with van der Waals surface area (Å²) in [5.74, 6) is -3.40. The maximum absolute atomic E-state index is 13.1. The summed E-state index contributed by atoms with van der Waals surface area (Å²) in [6.07, 6.45) is 1.20. The fourth-order valence-corrected chi connectivity index (χ4v) is 1.93. The number of carbonyl (C=O) groups excluding carboxylic acids is 1. The van der Waals surface area contributed by atoms with E-state index in [1.807, 2.05) is 0 Å². The number of halogens is 3. The normalized spacial score (nSPS) is 12.0. The molecule has 128 valence electrons. The number of alkyl halides is 2. The van der Waals surface area contributed by atoms with Gasteiger partial charge in [-0.05, 0) is 25.1 Å². The molecule has 24 heavy (non-hydrogen) atoms. The minimum atomic E-state index is -3.20. The Balaban J connectivity index is 2.23. The summed E-state index contributed by atoms with van der Waals surface area (Å²) < 4.78 is 43.0. The maximum atomic E-state index is 13.1. The van der Waals surface area contributed by atoms with E-state index in [2.05, 4.69) is 15.2 Å². The lowest BCUT2D eigenvalue weighted by Gasteiger charge is -2.16. The van der Waals surface area contributed by atoms with Crippen LogP contribution in [0.25, 0.3) is 0 Å². The topological polar surface area (TPSA) is 93.5 Å². The molecule has 1 heterocycles. The third-order valence-corrected chi connectivity index (χ3v) is 3.05. The Hall–Kier alpha value is -3.04. The third kappa shape index (κ3) is 3.83. The lowest BCUT2D eigenvalue weighted by atomic mass is 10.2. The molecule has 7 nitrogen and oxygen atoms in total. The summed E-state index contributed by atoms with van der Waals surface area (Å²) >= 11 is 0. The first kappa shape index (κ1) is 17.3. The standard InChI is InChI=1S/C14H12F3N3O4/c1-7(20-10(13(22)23)4-5-18-20)12(21)19-9-3-2-8(15)6-11(9)24-14(16)17/h2-7,14H,1H3,(H,19,21)(H,22,23). The molecule has 2 N–H and O–H groups in total. The average Bonchev–Trinajstić information content (AvgIpc) is 2.98. The molecule has 1 aromatic carbocycles. The number of anilines is 1. The van der Waals surface area contributed by atoms with Gasteiger partial charge in [0, 0.05) is 12.3 Å². The molecule has 1 aromatic heterocycles. The number of ether oxygens (including phenoxy) is 1. The number of carboxylic acid groups (broad SMARTS) is 1. The van der Waals surface area contributed by atoms with Crippen LogP contribution in [0.2, 0.25) is 0 Å². The Kier molecular flexibility index (Phi) is 5.07. The highest BCUT2D eigenvalue weighted by Crippen LogP contribution is 2.28. The molecule has 0 spiro atoms. The minimum absolute atomic E-state index is 0.183. The molecule has 0 saturated heterocycles. The predicted octanol–water partition coefficient (Wildman–Crippen LogP) is 2.52. The van der Waals surface area contributed by atoms with E-state index in [4.69, 9.17) is 5.11 Å². The molecule has 1 atom stereocenters. The van der Waals surface area contributed by atoms with Crippen LogP contribution in [-0.4, -0.2) is 33.4 Å². The molecule has 0 bridgehead atoms. The van der Waals surface area contributed by atoms with Gasteiger partial charge in [-0.2, -0.15) is 13.9 Å². The first-order chi connectivity index (χ1) is 11.3. The van der Waals surface area contributed by atoms with E-state index in [0.29, 0.717) is 6.07 Å². The van der Waals surface area contributed by atoms with Gasteiger partial charge in [0.25, 0.3) is 0 Å². The van der Waals surface area contributed by atoms with Crippen LogP contribution >= 0.6 is 0 Å². The zero-order valence-corrected chi connectivity index (χ0v) is 12.2. The first-order valence-corrected chi connectivity index (χ1v) is 6.61. The molecule has 0 saturated carbocycles. The highest BCUT2D eigenvalue weighted by atomic mass is 19.3. The molecule has 2 rings (SSSR count). The Labute approximate surface area is 133 Å². The van der Waals surface area contributed by atoms with Gasteiger partial charge in [0.2, 0.25) is 5.91 Å². The molecule has 0 aliphatic carbocycles. The van der Waals surface area contributed by atoms with Crippen molar-refractivity contribution in [1.82, 2.24) is 9.78 Å². The number of nitrogens with zero attached hydrogens (tertiary/aromatic N) is 2. The van der Waals surface area contributed by atoms with Gasteiger partial charge in [0.1, 0.15) is 17.6 Å². The van der Waals surface area contributed by atoms with Crippen LogP contribution in [0.15, 0.2) is 30.5 Å². The van der Waals surface area contributed by atoms with Crippen LogP contribution in [-0.2, 0) is 4.79 Å². The number of aromatic nitrogens is 2. The summed E-state index contributed by atoms with van der Waals surface area (Å²) in [5, 5.41) is 15.0. The van der Waals surface area contributed by atoms with Crippen molar-refractivity contribution in [3.63, 3.8) is 0 Å². The number of carbonyl (C=O) groups is 2. The van der Waals surface area contributed by atoms with E-state index in [1.165, 1.54) is 19.2 Å². The SMILES string of the molecule is CC(C(=O)Nc1ccc(F)cc1OC(F)F)n1nccc1C(=O)O. The third-order valence-electron chi connectivity index (χ3n) is 3.05. The second-order valence-electron chi connectivity index (χ2n) is 4.65. The summed E-state index contributed by atoms with van der Waals surface area (Å²) in [5.41, 5.74) is -0.404. The quantitative estimate of drug-likeness (QED) is 0.841. The molecule has 0 fully saturated rings. The molecule has 2 aromatic rings. The summed E-state index contributed by atoms with van der Waals surface area (Å²) in [4.78, 5) is 23.3. The van der Waals surface area contributed by atoms with Crippen molar-refractivity contribution >= 4 is 17.6 Å². The van der Waals surface area contributed by atoms with Crippen molar-refractivity contribution in [2.45, 2.75) is 19.6 Å². The van der Waals surface area contributed by atoms with Gasteiger partial charge in [-0.1, -0.05) is 0 Å². The van der Waals surface area contributed by atoms with E-state index in [9.17, 15) is 22.8 Å². The van der Waals surface area contributed by atoms with Crippen LogP contribution in [0.1, 0.15) is 23.5 Å². The van der Waals surface area contributed by atoms with E-state index in [1.54, 1.807) is 0 Å². The van der Waals surface area contributed by atoms with Crippen LogP contribution in [0.5, 0.6) is 5.75 Å². The van der Waals surface area contributed by atoms with Crippen LogP contribution < -0.4 is 10.1 Å². The minimum Gasteiger partial charge on any atom is -0.477 e. The van der Waals surface area contributed by atoms with Crippen molar-refractivity contribution in [2.24, 2.45) is 0 Å². The molecular formula is C14H12F3N3O4. The highest BCUT2D eigenvalue weighted by Gasteiger charge is 2.23. The number of benzene rings is 1. The zero-order valence-electron chi connectivity index (χ0n) is 12.2. The lowest BCUT2D eigenvalue weighted by molar-refractivity contribution is -0.119. The molecule has 0 radical (unpaired) electrons. The Morgan fingerprint density at radius 3 is 2.67 bits per heavy atom. The smallest absolute Gasteiger partial charge is 0.387 e. The lowest BCUT2D eigenvalue weighted by Crippen LogP contribution is -2.27. The Bertz CT molecular complexity index is 763. The molecule has 0 aliphatic rings. The number of nitrogens with one attached hydrogen (secondary N) is 1. The number of aromatic carboxylic acids is 1. The second-order valence-corrected chi connectivity index (χ2v) is 4.65. The van der Waals surface area contributed by atoms with Crippen LogP contribution in [0.4, 0.5) is 18.9 Å². The monoisotopic (exact) mass is 343 g/mol. The van der Waals surface area contributed by atoms with Crippen LogP contribution in [0.3, 0.4) is 0 Å². The number of hydrogen-bond acceptors (Lipinski definition) is 4. The van der Waals surface area contributed by atoms with Gasteiger partial charge in [-0.25, -0.2) is 13.9 Å². The first-order valence-electron chi connectivity index (χ1n) is 6.61. The molecule has 10 heteroatoms. The zero-order chi connectivity index (χ0) is 17.9. The average molecular weight is 343 g/mol. The highest BCUT2D eigenvalue weighted by molar-refractivity contribution is 5.95.